The zero-order chi connectivity index (χ0) is 9.26. The summed E-state index contributed by atoms with van der Waals surface area (Å²) in [6, 6.07) is 0. The molecule has 2 rings (SSSR count). The number of hydrogen-bond donors (Lipinski definition) is 0. The van der Waals surface area contributed by atoms with Gasteiger partial charge in [-0.05, 0) is 0 Å². The van der Waals surface area contributed by atoms with Crippen LogP contribution in [-0.4, -0.2) is 21.1 Å². The van der Waals surface area contributed by atoms with E-state index in [0.717, 1.165) is 16.7 Å². The van der Waals surface area contributed by atoms with Crippen LogP contribution < -0.4 is 0 Å². The van der Waals surface area contributed by atoms with Gasteiger partial charge in [0.2, 0.25) is 0 Å². The number of nitrogens with zero attached hydrogens (tertiary/aromatic N) is 3. The summed E-state index contributed by atoms with van der Waals surface area (Å²) >= 11 is 1.37. The molecular weight excluding hydrogens is 186 g/mol. The zero-order valence-electron chi connectivity index (χ0n) is 6.97. The van der Waals surface area contributed by atoms with Crippen molar-refractivity contribution in [3.63, 3.8) is 0 Å². The number of carbonyl (C=O) groups is 1. The van der Waals surface area contributed by atoms with Crippen LogP contribution in [0.1, 0.15) is 9.80 Å². The molecule has 0 spiro atoms. The van der Waals surface area contributed by atoms with Gasteiger partial charge in [0.25, 0.3) is 0 Å². The summed E-state index contributed by atoms with van der Waals surface area (Å²) in [6.07, 6.45) is 6.08. The highest BCUT2D eigenvalue weighted by Crippen LogP contribution is 2.24. The van der Waals surface area contributed by atoms with Crippen LogP contribution in [0.25, 0.3) is 10.4 Å². The third-order valence-electron chi connectivity index (χ3n) is 1.61. The second-order valence-electron chi connectivity index (χ2n) is 2.58. The fourth-order valence-corrected chi connectivity index (χ4v) is 1.73. The summed E-state index contributed by atoms with van der Waals surface area (Å²) in [6.45, 7) is 0. The molecule has 0 saturated carbocycles. The highest BCUT2D eigenvalue weighted by atomic mass is 32.1. The van der Waals surface area contributed by atoms with Crippen LogP contribution in [0.4, 0.5) is 0 Å². The molecule has 0 N–H and O–H groups in total. The van der Waals surface area contributed by atoms with Gasteiger partial charge in [0.1, 0.15) is 0 Å². The quantitative estimate of drug-likeness (QED) is 0.676. The van der Waals surface area contributed by atoms with Gasteiger partial charge in [0.05, 0.1) is 11.1 Å². The molecule has 66 valence electrons. The zero-order valence-corrected chi connectivity index (χ0v) is 7.78. The number of thiazole rings is 1. The Morgan fingerprint density at radius 3 is 2.92 bits per heavy atom. The van der Waals surface area contributed by atoms with E-state index in [1.165, 1.54) is 11.3 Å². The normalized spacial score (nSPS) is 10.2. The molecule has 0 aliphatic carbocycles. The molecule has 4 nitrogen and oxygen atoms in total. The largest absolute Gasteiger partial charge is 0.295 e. The van der Waals surface area contributed by atoms with E-state index in [9.17, 15) is 4.79 Å². The lowest BCUT2D eigenvalue weighted by Gasteiger charge is -1.85. The van der Waals surface area contributed by atoms with Gasteiger partial charge in [-0.15, -0.1) is 11.3 Å². The van der Waals surface area contributed by atoms with Crippen LogP contribution in [0, 0.1) is 0 Å². The first-order valence-electron chi connectivity index (χ1n) is 3.69. The van der Waals surface area contributed by atoms with Gasteiger partial charge in [0.15, 0.2) is 11.3 Å². The molecule has 2 aromatic rings. The van der Waals surface area contributed by atoms with Crippen LogP contribution in [0.2, 0.25) is 0 Å². The minimum absolute atomic E-state index is 0.499. The van der Waals surface area contributed by atoms with E-state index in [2.05, 4.69) is 10.1 Å². The number of hydrogen-bond acceptors (Lipinski definition) is 4. The number of aryl methyl sites for hydroxylation is 1. The number of carbonyl (C=O) groups excluding carboxylic acids is 1. The lowest BCUT2D eigenvalue weighted by atomic mass is 10.3. The second-order valence-corrected chi connectivity index (χ2v) is 3.65. The van der Waals surface area contributed by atoms with Crippen molar-refractivity contribution in [1.29, 1.82) is 0 Å². The van der Waals surface area contributed by atoms with E-state index in [0.29, 0.717) is 5.01 Å². The first kappa shape index (κ1) is 8.12. The molecule has 0 saturated heterocycles. The Morgan fingerprint density at radius 1 is 1.54 bits per heavy atom. The van der Waals surface area contributed by atoms with Crippen LogP contribution in [0.3, 0.4) is 0 Å². The maximum absolute atomic E-state index is 10.4. The Bertz CT molecular complexity index is 432. The van der Waals surface area contributed by atoms with E-state index in [4.69, 9.17) is 0 Å². The van der Waals surface area contributed by atoms with Gasteiger partial charge < -0.3 is 0 Å². The van der Waals surface area contributed by atoms with Crippen molar-refractivity contribution < 1.29 is 4.79 Å². The number of rotatable bonds is 2. The Hall–Kier alpha value is -1.49. The molecule has 0 unspecified atom stereocenters. The topological polar surface area (TPSA) is 47.8 Å². The third kappa shape index (κ3) is 1.50. The summed E-state index contributed by atoms with van der Waals surface area (Å²) in [5.41, 5.74) is 0.994. The Morgan fingerprint density at radius 2 is 2.38 bits per heavy atom. The van der Waals surface area contributed by atoms with E-state index in [-0.39, 0.29) is 0 Å². The summed E-state index contributed by atoms with van der Waals surface area (Å²) < 4.78 is 1.72. The van der Waals surface area contributed by atoms with Crippen molar-refractivity contribution in [2.45, 2.75) is 0 Å². The molecule has 0 fully saturated rings. The molecule has 0 radical (unpaired) electrons. The van der Waals surface area contributed by atoms with E-state index in [1.807, 2.05) is 13.2 Å². The number of aldehydes is 1. The lowest BCUT2D eigenvalue weighted by molar-refractivity contribution is 0.112. The monoisotopic (exact) mass is 193 g/mol. The first-order valence-corrected chi connectivity index (χ1v) is 4.51. The van der Waals surface area contributed by atoms with Gasteiger partial charge in [0, 0.05) is 25.0 Å². The molecule has 0 atom stereocenters. The Balaban J connectivity index is 2.40. The minimum Gasteiger partial charge on any atom is -0.295 e. The summed E-state index contributed by atoms with van der Waals surface area (Å²) in [5.74, 6) is 0. The highest BCUT2D eigenvalue weighted by Gasteiger charge is 2.04. The Kier molecular flexibility index (Phi) is 1.94. The average Bonchev–Trinajstić information content (AvgIpc) is 2.71. The van der Waals surface area contributed by atoms with Crippen molar-refractivity contribution in [3.05, 3.63) is 23.6 Å². The number of aromatic nitrogens is 3. The lowest BCUT2D eigenvalue weighted by Crippen LogP contribution is -1.83. The first-order chi connectivity index (χ1) is 6.29. The van der Waals surface area contributed by atoms with Crippen molar-refractivity contribution in [1.82, 2.24) is 14.8 Å². The van der Waals surface area contributed by atoms with Gasteiger partial charge >= 0.3 is 0 Å². The minimum atomic E-state index is 0.499. The van der Waals surface area contributed by atoms with Crippen LogP contribution >= 0.6 is 11.3 Å². The fourth-order valence-electron chi connectivity index (χ4n) is 1.02. The molecule has 0 aliphatic rings. The predicted octanol–water partition coefficient (Wildman–Crippen LogP) is 1.36. The van der Waals surface area contributed by atoms with Crippen molar-refractivity contribution >= 4 is 17.6 Å². The van der Waals surface area contributed by atoms with Crippen molar-refractivity contribution in [3.8, 4) is 10.4 Å². The van der Waals surface area contributed by atoms with Gasteiger partial charge in [-0.1, -0.05) is 0 Å². The van der Waals surface area contributed by atoms with Crippen LogP contribution in [0.5, 0.6) is 0 Å². The summed E-state index contributed by atoms with van der Waals surface area (Å²) in [4.78, 5) is 15.3. The highest BCUT2D eigenvalue weighted by molar-refractivity contribution is 7.16. The van der Waals surface area contributed by atoms with E-state index < -0.39 is 0 Å². The van der Waals surface area contributed by atoms with Crippen molar-refractivity contribution in [2.75, 3.05) is 0 Å². The molecule has 0 bridgehead atoms. The Labute approximate surface area is 78.8 Å². The summed E-state index contributed by atoms with van der Waals surface area (Å²) in [5, 5.41) is 4.53. The average molecular weight is 193 g/mol. The molecule has 5 heteroatoms. The van der Waals surface area contributed by atoms with Crippen molar-refractivity contribution in [2.24, 2.45) is 7.05 Å². The van der Waals surface area contributed by atoms with E-state index >= 15 is 0 Å². The molecule has 13 heavy (non-hydrogen) atoms. The third-order valence-corrected chi connectivity index (χ3v) is 2.59. The molecular formula is C8H7N3OS. The predicted molar refractivity (Wildman–Crippen MR) is 49.7 cm³/mol. The summed E-state index contributed by atoms with van der Waals surface area (Å²) in [7, 11) is 1.85. The fraction of sp³-hybridized carbons (Fsp3) is 0.125. The van der Waals surface area contributed by atoms with Gasteiger partial charge in [-0.25, -0.2) is 4.98 Å². The molecule has 2 heterocycles. The van der Waals surface area contributed by atoms with Crippen LogP contribution in [-0.2, 0) is 7.05 Å². The molecule has 2 aromatic heterocycles. The smallest absolute Gasteiger partial charge is 0.178 e. The maximum atomic E-state index is 10.4. The second kappa shape index (κ2) is 3.10. The van der Waals surface area contributed by atoms with Gasteiger partial charge in [-0.3, -0.25) is 9.48 Å². The molecule has 0 aliphatic heterocycles. The van der Waals surface area contributed by atoms with E-state index in [1.54, 1.807) is 17.1 Å². The SMILES string of the molecule is Cn1cc(-c2cnc(C=O)s2)cn1. The van der Waals surface area contributed by atoms with Gasteiger partial charge in [-0.2, -0.15) is 5.10 Å². The van der Waals surface area contributed by atoms with Crippen LogP contribution in [0.15, 0.2) is 18.6 Å². The molecule has 0 amide bonds. The molecule has 0 aromatic carbocycles. The maximum Gasteiger partial charge on any atom is 0.178 e. The standard InChI is InChI=1S/C8H7N3OS/c1-11-4-6(2-10-11)7-3-9-8(5-12)13-7/h2-5H,1H3.